The molecule has 1 saturated heterocycles. The third-order valence-corrected chi connectivity index (χ3v) is 5.78. The summed E-state index contributed by atoms with van der Waals surface area (Å²) in [5.74, 6) is 0.399. The predicted octanol–water partition coefficient (Wildman–Crippen LogP) is 2.32. The first-order chi connectivity index (χ1) is 9.44. The van der Waals surface area contributed by atoms with Gasteiger partial charge in [0.25, 0.3) is 0 Å². The molecular formula is C12H17Cl2N3O2S. The molecule has 1 aliphatic heterocycles. The van der Waals surface area contributed by atoms with Crippen LogP contribution in [0.15, 0.2) is 18.2 Å². The van der Waals surface area contributed by atoms with Gasteiger partial charge in [-0.1, -0.05) is 29.3 Å². The van der Waals surface area contributed by atoms with Crippen LogP contribution in [0.2, 0.25) is 10.0 Å². The van der Waals surface area contributed by atoms with Gasteiger partial charge in [-0.25, -0.2) is 0 Å². The highest BCUT2D eigenvalue weighted by molar-refractivity contribution is 7.90. The van der Waals surface area contributed by atoms with Crippen molar-refractivity contribution >= 4 is 39.1 Å². The average Bonchev–Trinajstić information content (AvgIpc) is 2.44. The summed E-state index contributed by atoms with van der Waals surface area (Å²) in [5, 5.41) is 0.517. The second-order valence-corrected chi connectivity index (χ2v) is 7.24. The van der Waals surface area contributed by atoms with Gasteiger partial charge in [-0.3, -0.25) is 4.72 Å². The normalized spacial score (nSPS) is 18.1. The Balaban J connectivity index is 2.10. The number of anilines is 1. The van der Waals surface area contributed by atoms with Crippen LogP contribution in [-0.2, 0) is 10.2 Å². The van der Waals surface area contributed by atoms with Gasteiger partial charge >= 0.3 is 10.2 Å². The van der Waals surface area contributed by atoms with E-state index in [0.29, 0.717) is 36.3 Å². The van der Waals surface area contributed by atoms with Gasteiger partial charge in [0.2, 0.25) is 0 Å². The highest BCUT2D eigenvalue weighted by Gasteiger charge is 2.28. The summed E-state index contributed by atoms with van der Waals surface area (Å²) in [7, 11) is -3.61. The number of piperidine rings is 1. The number of nitrogens with zero attached hydrogens (tertiary/aromatic N) is 1. The Hall–Kier alpha value is -0.530. The molecule has 3 N–H and O–H groups in total. The summed E-state index contributed by atoms with van der Waals surface area (Å²) in [6.07, 6.45) is 1.56. The minimum absolute atomic E-state index is 0.203. The molecule has 1 aromatic carbocycles. The lowest BCUT2D eigenvalue weighted by molar-refractivity contribution is 0.280. The molecule has 0 radical (unpaired) electrons. The highest BCUT2D eigenvalue weighted by atomic mass is 35.5. The van der Waals surface area contributed by atoms with E-state index >= 15 is 0 Å². The molecule has 1 aliphatic rings. The molecule has 0 spiro atoms. The van der Waals surface area contributed by atoms with Gasteiger partial charge < -0.3 is 5.73 Å². The lowest BCUT2D eigenvalue weighted by atomic mass is 9.99. The lowest BCUT2D eigenvalue weighted by Gasteiger charge is -2.30. The SMILES string of the molecule is NCC1CCN(S(=O)(=O)Nc2cccc(Cl)c2Cl)CC1. The number of hydrogen-bond acceptors (Lipinski definition) is 3. The zero-order chi connectivity index (χ0) is 14.8. The molecule has 112 valence electrons. The van der Waals surface area contributed by atoms with Crippen LogP contribution in [0.5, 0.6) is 0 Å². The van der Waals surface area contributed by atoms with E-state index in [9.17, 15) is 8.42 Å². The molecule has 2 rings (SSSR count). The van der Waals surface area contributed by atoms with Crippen LogP contribution in [-0.4, -0.2) is 32.4 Å². The fraction of sp³-hybridized carbons (Fsp3) is 0.500. The van der Waals surface area contributed by atoms with E-state index in [-0.39, 0.29) is 5.02 Å². The zero-order valence-electron chi connectivity index (χ0n) is 10.9. The first-order valence-electron chi connectivity index (χ1n) is 6.36. The molecule has 0 amide bonds. The van der Waals surface area contributed by atoms with Crippen LogP contribution < -0.4 is 10.5 Å². The maximum Gasteiger partial charge on any atom is 0.301 e. The van der Waals surface area contributed by atoms with E-state index in [0.717, 1.165) is 12.8 Å². The fourth-order valence-corrected chi connectivity index (χ4v) is 3.84. The van der Waals surface area contributed by atoms with Gasteiger partial charge in [-0.05, 0) is 37.4 Å². The summed E-state index contributed by atoms with van der Waals surface area (Å²) in [6, 6.07) is 4.83. The Morgan fingerprint density at radius 2 is 1.95 bits per heavy atom. The third-order valence-electron chi connectivity index (χ3n) is 3.44. The Morgan fingerprint density at radius 3 is 2.55 bits per heavy atom. The van der Waals surface area contributed by atoms with Crippen molar-refractivity contribution in [1.82, 2.24) is 4.31 Å². The molecule has 20 heavy (non-hydrogen) atoms. The number of rotatable bonds is 4. The standard InChI is InChI=1S/C12H17Cl2N3O2S/c13-10-2-1-3-11(12(10)14)16-20(18,19)17-6-4-9(8-15)5-7-17/h1-3,9,16H,4-8,15H2. The van der Waals surface area contributed by atoms with Crippen LogP contribution in [0.4, 0.5) is 5.69 Å². The molecule has 0 saturated carbocycles. The largest absolute Gasteiger partial charge is 0.330 e. The number of nitrogens with two attached hydrogens (primary N) is 1. The molecule has 0 aromatic heterocycles. The van der Waals surface area contributed by atoms with E-state index in [1.54, 1.807) is 18.2 Å². The van der Waals surface area contributed by atoms with Crippen molar-refractivity contribution in [3.05, 3.63) is 28.2 Å². The van der Waals surface area contributed by atoms with Crippen LogP contribution in [0.25, 0.3) is 0 Å². The molecule has 8 heteroatoms. The Bertz CT molecular complexity index is 572. The summed E-state index contributed by atoms with van der Waals surface area (Å²) >= 11 is 11.9. The number of nitrogens with one attached hydrogen (secondary N) is 1. The van der Waals surface area contributed by atoms with Gasteiger partial charge in [0.1, 0.15) is 0 Å². The van der Waals surface area contributed by atoms with Gasteiger partial charge in [0.05, 0.1) is 15.7 Å². The summed E-state index contributed by atoms with van der Waals surface area (Å²) < 4.78 is 28.5. The minimum Gasteiger partial charge on any atom is -0.330 e. The van der Waals surface area contributed by atoms with Crippen LogP contribution in [0, 0.1) is 5.92 Å². The molecular weight excluding hydrogens is 321 g/mol. The molecule has 0 unspecified atom stereocenters. The van der Waals surface area contributed by atoms with E-state index in [4.69, 9.17) is 28.9 Å². The molecule has 0 bridgehead atoms. The average molecular weight is 338 g/mol. The Morgan fingerprint density at radius 1 is 1.30 bits per heavy atom. The van der Waals surface area contributed by atoms with Crippen LogP contribution in [0.3, 0.4) is 0 Å². The quantitative estimate of drug-likeness (QED) is 0.885. The van der Waals surface area contributed by atoms with Crippen molar-refractivity contribution in [1.29, 1.82) is 0 Å². The Labute approximate surface area is 129 Å². The van der Waals surface area contributed by atoms with E-state index < -0.39 is 10.2 Å². The van der Waals surface area contributed by atoms with Crippen molar-refractivity contribution in [3.8, 4) is 0 Å². The van der Waals surface area contributed by atoms with Gasteiger partial charge in [-0.2, -0.15) is 12.7 Å². The topological polar surface area (TPSA) is 75.4 Å². The van der Waals surface area contributed by atoms with E-state index in [2.05, 4.69) is 4.72 Å². The molecule has 0 aliphatic carbocycles. The van der Waals surface area contributed by atoms with Crippen molar-refractivity contribution < 1.29 is 8.42 Å². The number of halogens is 2. The van der Waals surface area contributed by atoms with Gasteiger partial charge in [-0.15, -0.1) is 0 Å². The fourth-order valence-electron chi connectivity index (χ4n) is 2.17. The smallest absolute Gasteiger partial charge is 0.301 e. The monoisotopic (exact) mass is 337 g/mol. The summed E-state index contributed by atoms with van der Waals surface area (Å²) in [6.45, 7) is 1.53. The second-order valence-electron chi connectivity index (χ2n) is 4.79. The lowest BCUT2D eigenvalue weighted by Crippen LogP contribution is -2.42. The Kier molecular flexibility index (Phi) is 5.14. The van der Waals surface area contributed by atoms with Crippen LogP contribution >= 0.6 is 23.2 Å². The van der Waals surface area contributed by atoms with E-state index in [1.807, 2.05) is 0 Å². The highest BCUT2D eigenvalue weighted by Crippen LogP contribution is 2.31. The first kappa shape index (κ1) is 15.9. The summed E-state index contributed by atoms with van der Waals surface area (Å²) in [4.78, 5) is 0. The van der Waals surface area contributed by atoms with E-state index in [1.165, 1.54) is 4.31 Å². The van der Waals surface area contributed by atoms with Gasteiger partial charge in [0.15, 0.2) is 0 Å². The van der Waals surface area contributed by atoms with Crippen molar-refractivity contribution in [2.45, 2.75) is 12.8 Å². The maximum absolute atomic E-state index is 12.3. The van der Waals surface area contributed by atoms with Crippen LogP contribution in [0.1, 0.15) is 12.8 Å². The molecule has 5 nitrogen and oxygen atoms in total. The minimum atomic E-state index is -3.61. The molecule has 1 aromatic rings. The van der Waals surface area contributed by atoms with Gasteiger partial charge in [0, 0.05) is 13.1 Å². The summed E-state index contributed by atoms with van der Waals surface area (Å²) in [5.41, 5.74) is 5.89. The van der Waals surface area contributed by atoms with Crippen molar-refractivity contribution in [2.75, 3.05) is 24.4 Å². The predicted molar refractivity (Wildman–Crippen MR) is 82.4 cm³/mol. The molecule has 1 fully saturated rings. The molecule has 1 heterocycles. The number of hydrogen-bond donors (Lipinski definition) is 2. The third kappa shape index (κ3) is 3.56. The van der Waals surface area contributed by atoms with Crippen molar-refractivity contribution in [3.63, 3.8) is 0 Å². The first-order valence-corrected chi connectivity index (χ1v) is 8.55. The maximum atomic E-state index is 12.3. The molecule has 0 atom stereocenters. The number of benzene rings is 1. The zero-order valence-corrected chi connectivity index (χ0v) is 13.2. The second kappa shape index (κ2) is 6.49. The van der Waals surface area contributed by atoms with Crippen molar-refractivity contribution in [2.24, 2.45) is 11.7 Å².